The molecule has 0 saturated carbocycles. The largest absolute Gasteiger partial charge is 0.457 e. The zero-order valence-corrected chi connectivity index (χ0v) is 17.1. The predicted molar refractivity (Wildman–Crippen MR) is 97.2 cm³/mol. The SMILES string of the molecule is C=CC(=O)OCC[N+](C)(C)CO[PH](=O)OC[N+](C)(C)CCOC(=O)C=C. The van der Waals surface area contributed by atoms with Crippen molar-refractivity contribution in [2.45, 2.75) is 0 Å². The Balaban J connectivity index is 4.08. The number of carbonyl (C=O) groups is 2. The molecule has 0 aliphatic heterocycles. The number of esters is 2. The van der Waals surface area contributed by atoms with Crippen molar-refractivity contribution in [1.29, 1.82) is 0 Å². The van der Waals surface area contributed by atoms with Crippen LogP contribution in [0.2, 0.25) is 0 Å². The Bertz CT molecular complexity index is 477. The Morgan fingerprint density at radius 1 is 0.846 bits per heavy atom. The zero-order chi connectivity index (χ0) is 20.2. The number of quaternary nitrogens is 2. The van der Waals surface area contributed by atoms with Gasteiger partial charge in [-0.2, -0.15) is 0 Å². The summed E-state index contributed by atoms with van der Waals surface area (Å²) in [7, 11) is 4.73. The fraction of sp³-hybridized carbons (Fsp3) is 0.625. The smallest absolute Gasteiger partial charge is 0.330 e. The molecule has 0 aromatic heterocycles. The van der Waals surface area contributed by atoms with Gasteiger partial charge in [-0.25, -0.2) is 9.59 Å². The van der Waals surface area contributed by atoms with Gasteiger partial charge in [0.15, 0.2) is 13.5 Å². The van der Waals surface area contributed by atoms with Crippen LogP contribution in [-0.4, -0.2) is 88.9 Å². The molecular formula is C16H31N2O7P+2. The van der Waals surface area contributed by atoms with Crippen molar-refractivity contribution in [2.24, 2.45) is 0 Å². The van der Waals surface area contributed by atoms with E-state index in [4.69, 9.17) is 18.5 Å². The number of ether oxygens (including phenoxy) is 2. The van der Waals surface area contributed by atoms with Crippen molar-refractivity contribution in [3.8, 4) is 0 Å². The van der Waals surface area contributed by atoms with Crippen molar-refractivity contribution in [1.82, 2.24) is 0 Å². The predicted octanol–water partition coefficient (Wildman–Crippen LogP) is 0.935. The summed E-state index contributed by atoms with van der Waals surface area (Å²) in [6, 6.07) is 0. The molecule has 0 aliphatic rings. The first-order valence-corrected chi connectivity index (χ1v) is 9.26. The number of hydrogen-bond acceptors (Lipinski definition) is 7. The van der Waals surface area contributed by atoms with E-state index in [0.29, 0.717) is 22.1 Å². The fourth-order valence-corrected chi connectivity index (χ4v) is 2.52. The standard InChI is InChI=1S/C16H31N2O7P/c1-7-15(19)22-11-9-17(3,4)13-24-26(21)25-14-18(5,6)10-12-23-16(20)8-2/h7-8,26H,1-2,9-14H2,3-6H3/q+2. The van der Waals surface area contributed by atoms with Crippen LogP contribution in [0.25, 0.3) is 0 Å². The third kappa shape index (κ3) is 12.8. The lowest BCUT2D eigenvalue weighted by atomic mass is 10.5. The van der Waals surface area contributed by atoms with E-state index in [2.05, 4.69) is 13.2 Å². The van der Waals surface area contributed by atoms with E-state index in [1.807, 2.05) is 28.2 Å². The van der Waals surface area contributed by atoms with Crippen molar-refractivity contribution in [3.63, 3.8) is 0 Å². The Morgan fingerprint density at radius 2 is 1.19 bits per heavy atom. The van der Waals surface area contributed by atoms with E-state index in [-0.39, 0.29) is 26.7 Å². The highest BCUT2D eigenvalue weighted by atomic mass is 31.1. The fourth-order valence-electron chi connectivity index (χ4n) is 1.53. The van der Waals surface area contributed by atoms with Gasteiger partial charge in [0.25, 0.3) is 0 Å². The number of nitrogens with zero attached hydrogens (tertiary/aromatic N) is 2. The third-order valence-electron chi connectivity index (χ3n) is 3.28. The first kappa shape index (κ1) is 24.5. The molecule has 0 spiro atoms. The van der Waals surface area contributed by atoms with E-state index in [1.165, 1.54) is 0 Å². The van der Waals surface area contributed by atoms with Gasteiger partial charge in [-0.15, -0.1) is 0 Å². The van der Waals surface area contributed by atoms with Crippen LogP contribution in [0.4, 0.5) is 0 Å². The highest BCUT2D eigenvalue weighted by Gasteiger charge is 2.21. The molecule has 0 aromatic carbocycles. The molecule has 9 nitrogen and oxygen atoms in total. The summed E-state index contributed by atoms with van der Waals surface area (Å²) in [5.41, 5.74) is 0. The average molecular weight is 394 g/mol. The van der Waals surface area contributed by atoms with Gasteiger partial charge in [-0.1, -0.05) is 13.2 Å². The summed E-state index contributed by atoms with van der Waals surface area (Å²) in [4.78, 5) is 22.0. The van der Waals surface area contributed by atoms with E-state index >= 15 is 0 Å². The lowest BCUT2D eigenvalue weighted by Gasteiger charge is -2.30. The highest BCUT2D eigenvalue weighted by molar-refractivity contribution is 7.33. The first-order valence-electron chi connectivity index (χ1n) is 8.03. The molecule has 10 heteroatoms. The van der Waals surface area contributed by atoms with Crippen molar-refractivity contribution >= 4 is 20.2 Å². The topological polar surface area (TPSA) is 88.1 Å². The molecule has 0 aliphatic carbocycles. The molecule has 0 rings (SSSR count). The van der Waals surface area contributed by atoms with Gasteiger partial charge in [0.2, 0.25) is 0 Å². The van der Waals surface area contributed by atoms with E-state index < -0.39 is 20.2 Å². The Labute approximate surface area is 155 Å². The van der Waals surface area contributed by atoms with Gasteiger partial charge in [0, 0.05) is 12.2 Å². The first-order chi connectivity index (χ1) is 12.0. The van der Waals surface area contributed by atoms with Crippen LogP contribution in [0.3, 0.4) is 0 Å². The third-order valence-corrected chi connectivity index (χ3v) is 4.01. The summed E-state index contributed by atoms with van der Waals surface area (Å²) in [5.74, 6) is -0.969. The monoisotopic (exact) mass is 394 g/mol. The van der Waals surface area contributed by atoms with Gasteiger partial charge in [0.1, 0.15) is 26.3 Å². The molecule has 0 heterocycles. The molecule has 0 aromatic rings. The van der Waals surface area contributed by atoms with E-state index in [1.54, 1.807) is 0 Å². The summed E-state index contributed by atoms with van der Waals surface area (Å²) in [6.45, 7) is 8.32. The Kier molecular flexibility index (Phi) is 11.3. The minimum absolute atomic E-state index is 0.147. The number of rotatable bonds is 14. The normalized spacial score (nSPS) is 11.9. The second kappa shape index (κ2) is 12.0. The maximum absolute atomic E-state index is 11.9. The van der Waals surface area contributed by atoms with Gasteiger partial charge in [-0.3, -0.25) is 13.6 Å². The molecule has 0 unspecified atom stereocenters. The average Bonchev–Trinajstić information content (AvgIpc) is 2.57. The van der Waals surface area contributed by atoms with Crippen LogP contribution in [0.1, 0.15) is 0 Å². The number of carbonyl (C=O) groups excluding carboxylic acids is 2. The molecule has 0 bridgehead atoms. The summed E-state index contributed by atoms with van der Waals surface area (Å²) < 4.78 is 33.0. The molecular weight excluding hydrogens is 363 g/mol. The summed E-state index contributed by atoms with van der Waals surface area (Å²) in [6.07, 6.45) is 2.20. The molecule has 0 N–H and O–H groups in total. The van der Waals surface area contributed by atoms with Gasteiger partial charge < -0.3 is 18.4 Å². The zero-order valence-electron chi connectivity index (χ0n) is 16.1. The van der Waals surface area contributed by atoms with Crippen molar-refractivity contribution in [2.75, 3.05) is 68.0 Å². The second-order valence-electron chi connectivity index (χ2n) is 6.86. The lowest BCUT2D eigenvalue weighted by Crippen LogP contribution is -2.44. The van der Waals surface area contributed by atoms with Crippen LogP contribution in [0, 0.1) is 0 Å². The molecule has 0 fully saturated rings. The number of hydrogen-bond donors (Lipinski definition) is 0. The van der Waals surface area contributed by atoms with Crippen LogP contribution in [0.5, 0.6) is 0 Å². The molecule has 0 atom stereocenters. The minimum atomic E-state index is -2.67. The molecule has 150 valence electrons. The van der Waals surface area contributed by atoms with Crippen molar-refractivity contribution < 1.29 is 41.6 Å². The van der Waals surface area contributed by atoms with Gasteiger partial charge in [-0.05, 0) is 0 Å². The van der Waals surface area contributed by atoms with Crippen LogP contribution >= 0.6 is 8.25 Å². The Hall–Kier alpha value is -1.51. The molecule has 0 saturated heterocycles. The van der Waals surface area contributed by atoms with Crippen molar-refractivity contribution in [3.05, 3.63) is 25.3 Å². The lowest BCUT2D eigenvalue weighted by molar-refractivity contribution is -0.909. The van der Waals surface area contributed by atoms with E-state index in [0.717, 1.165) is 12.2 Å². The van der Waals surface area contributed by atoms with Crippen LogP contribution in [-0.2, 0) is 32.7 Å². The number of likely N-dealkylation sites (N-methyl/N-ethyl adjacent to an activating group) is 2. The quantitative estimate of drug-likeness (QED) is 0.142. The Morgan fingerprint density at radius 3 is 1.50 bits per heavy atom. The summed E-state index contributed by atoms with van der Waals surface area (Å²) in [5, 5.41) is 0. The molecule has 0 radical (unpaired) electrons. The van der Waals surface area contributed by atoms with Gasteiger partial charge >= 0.3 is 20.2 Å². The molecule has 0 amide bonds. The summed E-state index contributed by atoms with van der Waals surface area (Å²) >= 11 is 0. The van der Waals surface area contributed by atoms with Crippen LogP contribution < -0.4 is 0 Å². The maximum Gasteiger partial charge on any atom is 0.330 e. The van der Waals surface area contributed by atoms with Gasteiger partial charge in [0.05, 0.1) is 28.2 Å². The molecule has 26 heavy (non-hydrogen) atoms. The van der Waals surface area contributed by atoms with Crippen LogP contribution in [0.15, 0.2) is 25.3 Å². The van der Waals surface area contributed by atoms with E-state index in [9.17, 15) is 14.2 Å². The maximum atomic E-state index is 11.9. The highest BCUT2D eigenvalue weighted by Crippen LogP contribution is 2.25. The second-order valence-corrected chi connectivity index (χ2v) is 7.94. The minimum Gasteiger partial charge on any atom is -0.457 e.